The van der Waals surface area contributed by atoms with Crippen LogP contribution in [0.4, 0.5) is 0 Å². The van der Waals surface area contributed by atoms with E-state index in [2.05, 4.69) is 73.0 Å². The number of nitrogens with one attached hydrogen (secondary N) is 1. The Morgan fingerprint density at radius 3 is 2.00 bits per heavy atom. The van der Waals surface area contributed by atoms with Crippen molar-refractivity contribution >= 4 is 28.3 Å². The number of rotatable bonds is 7. The van der Waals surface area contributed by atoms with Gasteiger partial charge in [-0.25, -0.2) is 0 Å². The predicted molar refractivity (Wildman–Crippen MR) is 132 cm³/mol. The third-order valence-electron chi connectivity index (χ3n) is 8.51. The van der Waals surface area contributed by atoms with E-state index in [1.165, 1.54) is 0 Å². The number of Topliss-reactive ketones (excluding diaryl/α,β-unsaturated/α-hetero) is 1. The summed E-state index contributed by atoms with van der Waals surface area (Å²) in [5.74, 6) is -0.0937. The molecule has 180 valence electrons. The van der Waals surface area contributed by atoms with Gasteiger partial charge in [-0.05, 0) is 56.0 Å². The molecule has 5 nitrogen and oxygen atoms in total. The van der Waals surface area contributed by atoms with E-state index in [1.807, 2.05) is 6.92 Å². The Morgan fingerprint density at radius 2 is 1.52 bits per heavy atom. The van der Waals surface area contributed by atoms with Crippen LogP contribution in [0.25, 0.3) is 0 Å². The highest BCUT2D eigenvalue weighted by atomic mass is 28.4. The lowest BCUT2D eigenvalue weighted by Gasteiger charge is -2.48. The van der Waals surface area contributed by atoms with Gasteiger partial charge in [0, 0.05) is 18.4 Å². The Labute approximate surface area is 192 Å². The summed E-state index contributed by atoms with van der Waals surface area (Å²) in [6.45, 7) is 24.7. The van der Waals surface area contributed by atoms with Crippen LogP contribution in [-0.2, 0) is 18.4 Å². The molecule has 2 rings (SSSR count). The second-order valence-electron chi connectivity index (χ2n) is 12.9. The van der Waals surface area contributed by atoms with Gasteiger partial charge in [-0.1, -0.05) is 48.0 Å². The lowest BCUT2D eigenvalue weighted by atomic mass is 9.69. The molecule has 31 heavy (non-hydrogen) atoms. The molecule has 5 atom stereocenters. The topological polar surface area (TPSA) is 64.6 Å². The van der Waals surface area contributed by atoms with Gasteiger partial charge in [0.15, 0.2) is 16.6 Å². The molecule has 1 N–H and O–H groups in total. The van der Waals surface area contributed by atoms with Crippen LogP contribution in [0, 0.1) is 17.8 Å². The minimum Gasteiger partial charge on any atom is -0.416 e. The fraction of sp³-hybridized carbons (Fsp3) is 0.917. The molecule has 1 saturated carbocycles. The zero-order valence-corrected chi connectivity index (χ0v) is 23.8. The molecule has 7 heteroatoms. The van der Waals surface area contributed by atoms with Crippen LogP contribution in [0.15, 0.2) is 0 Å². The lowest BCUT2D eigenvalue weighted by Crippen LogP contribution is -2.68. The third kappa shape index (κ3) is 5.71. The monoisotopic (exact) mass is 469 g/mol. The summed E-state index contributed by atoms with van der Waals surface area (Å²) >= 11 is 0. The number of carbonyl (C=O) groups excluding carboxylic acids is 2. The van der Waals surface area contributed by atoms with Crippen molar-refractivity contribution in [3.63, 3.8) is 0 Å². The highest BCUT2D eigenvalue weighted by Crippen LogP contribution is 2.42. The number of hydrogen-bond acceptors (Lipinski definition) is 4. The first-order chi connectivity index (χ1) is 13.9. The van der Waals surface area contributed by atoms with Crippen LogP contribution in [0.2, 0.25) is 36.3 Å². The highest BCUT2D eigenvalue weighted by Gasteiger charge is 2.53. The fourth-order valence-corrected chi connectivity index (χ4v) is 6.69. The molecular weight excluding hydrogens is 422 g/mol. The van der Waals surface area contributed by atoms with E-state index in [0.29, 0.717) is 6.61 Å². The Bertz CT molecular complexity index is 678. The fourth-order valence-electron chi connectivity index (χ4n) is 4.21. The molecule has 0 aromatic rings. The van der Waals surface area contributed by atoms with Crippen LogP contribution < -0.4 is 5.32 Å². The van der Waals surface area contributed by atoms with Crippen LogP contribution in [0.5, 0.6) is 0 Å². The second-order valence-corrected chi connectivity index (χ2v) is 22.4. The Hall–Kier alpha value is -0.506. The van der Waals surface area contributed by atoms with Crippen molar-refractivity contribution in [1.82, 2.24) is 5.32 Å². The molecule has 0 aromatic heterocycles. The second kappa shape index (κ2) is 9.03. The summed E-state index contributed by atoms with van der Waals surface area (Å²) in [7, 11) is -3.87. The first-order valence-electron chi connectivity index (χ1n) is 12.0. The number of carbonyl (C=O) groups is 2. The number of amides is 1. The van der Waals surface area contributed by atoms with E-state index in [4.69, 9.17) is 8.85 Å². The standard InChI is InChI=1S/C24H47NO4Si2/c1-16(29-31(10,11)24(5,6)7)19-20(25-22(19)27)18-14-12-13-17(21(18)26)15-28-30(8,9)23(2,3)4/h16-20H,12-15H2,1-11H3,(H,25,27)/t16-,17-,18+,19-,20+/m1/s1. The lowest BCUT2D eigenvalue weighted by molar-refractivity contribution is -0.147. The molecule has 2 fully saturated rings. The SMILES string of the molecule is C[C@@H](O[Si](C)(C)C(C)(C)C)[C@H]1C(=O)N[C@H]1[C@@H]1CCC[C@H](CO[Si](C)(C)C(C)(C)C)C1=O. The number of ketones is 1. The van der Waals surface area contributed by atoms with Crippen molar-refractivity contribution in [2.75, 3.05) is 6.61 Å². The van der Waals surface area contributed by atoms with Crippen molar-refractivity contribution in [2.45, 2.75) is 116 Å². The Morgan fingerprint density at radius 1 is 0.968 bits per heavy atom. The first-order valence-corrected chi connectivity index (χ1v) is 17.9. The zero-order valence-electron chi connectivity index (χ0n) is 21.8. The van der Waals surface area contributed by atoms with Crippen molar-refractivity contribution in [1.29, 1.82) is 0 Å². The molecule has 0 bridgehead atoms. The number of hydrogen-bond donors (Lipinski definition) is 1. The van der Waals surface area contributed by atoms with Crippen LogP contribution in [0.1, 0.15) is 67.7 Å². The van der Waals surface area contributed by atoms with Gasteiger partial charge < -0.3 is 14.2 Å². The van der Waals surface area contributed by atoms with Gasteiger partial charge in [0.2, 0.25) is 5.91 Å². The van der Waals surface area contributed by atoms with Gasteiger partial charge in [0.1, 0.15) is 5.78 Å². The highest BCUT2D eigenvalue weighted by molar-refractivity contribution is 6.74. The van der Waals surface area contributed by atoms with Gasteiger partial charge in [0.05, 0.1) is 18.1 Å². The summed E-state index contributed by atoms with van der Waals surface area (Å²) in [4.78, 5) is 25.9. The van der Waals surface area contributed by atoms with Gasteiger partial charge in [-0.2, -0.15) is 0 Å². The van der Waals surface area contributed by atoms with E-state index in [0.717, 1.165) is 19.3 Å². The summed E-state index contributed by atoms with van der Waals surface area (Å²) in [5.41, 5.74) is 0. The zero-order chi connectivity index (χ0) is 24.0. The van der Waals surface area contributed by atoms with Crippen LogP contribution in [0.3, 0.4) is 0 Å². The van der Waals surface area contributed by atoms with Crippen molar-refractivity contribution in [3.8, 4) is 0 Å². The molecule has 1 amide bonds. The van der Waals surface area contributed by atoms with E-state index in [9.17, 15) is 9.59 Å². The van der Waals surface area contributed by atoms with E-state index >= 15 is 0 Å². The normalized spacial score (nSPS) is 29.4. The molecule has 0 radical (unpaired) electrons. The molecule has 1 saturated heterocycles. The molecule has 1 aliphatic heterocycles. The minimum absolute atomic E-state index is 0.0312. The number of β-lactam (4-membered cyclic amide) rings is 1. The molecule has 0 spiro atoms. The van der Waals surface area contributed by atoms with Gasteiger partial charge in [0.25, 0.3) is 0 Å². The van der Waals surface area contributed by atoms with Gasteiger partial charge >= 0.3 is 0 Å². The average Bonchev–Trinajstić information content (AvgIpc) is 2.56. The largest absolute Gasteiger partial charge is 0.416 e. The quantitative estimate of drug-likeness (QED) is 0.394. The van der Waals surface area contributed by atoms with Crippen molar-refractivity contribution < 1.29 is 18.4 Å². The summed E-state index contributed by atoms with van der Waals surface area (Å²) in [6.07, 6.45) is 2.59. The molecular formula is C24H47NO4Si2. The molecule has 2 aliphatic rings. The van der Waals surface area contributed by atoms with E-state index in [1.54, 1.807) is 0 Å². The molecule has 0 unspecified atom stereocenters. The van der Waals surface area contributed by atoms with Crippen LogP contribution in [-0.4, -0.2) is 47.1 Å². The molecule has 1 aliphatic carbocycles. The van der Waals surface area contributed by atoms with Crippen molar-refractivity contribution in [2.24, 2.45) is 17.8 Å². The molecule has 0 aromatic carbocycles. The first kappa shape index (κ1) is 26.7. The van der Waals surface area contributed by atoms with Crippen LogP contribution >= 0.6 is 0 Å². The molecule has 1 heterocycles. The minimum atomic E-state index is -1.98. The smallest absolute Gasteiger partial charge is 0.228 e. The summed E-state index contributed by atoms with van der Waals surface area (Å²) in [6, 6.07) is -0.101. The van der Waals surface area contributed by atoms with E-state index in [-0.39, 0.29) is 51.7 Å². The van der Waals surface area contributed by atoms with Gasteiger partial charge in [-0.15, -0.1) is 0 Å². The van der Waals surface area contributed by atoms with E-state index < -0.39 is 16.6 Å². The Balaban J connectivity index is 2.06. The maximum atomic E-state index is 13.4. The maximum absolute atomic E-state index is 13.4. The maximum Gasteiger partial charge on any atom is 0.228 e. The van der Waals surface area contributed by atoms with Gasteiger partial charge in [-0.3, -0.25) is 9.59 Å². The Kier molecular flexibility index (Phi) is 7.79. The summed E-state index contributed by atoms with van der Waals surface area (Å²) < 4.78 is 12.9. The predicted octanol–water partition coefficient (Wildman–Crippen LogP) is 5.52. The summed E-state index contributed by atoms with van der Waals surface area (Å²) in [5, 5.41) is 3.28. The van der Waals surface area contributed by atoms with Crippen molar-refractivity contribution in [3.05, 3.63) is 0 Å². The average molecular weight is 470 g/mol. The third-order valence-corrected chi connectivity index (χ3v) is 17.6.